The van der Waals surface area contributed by atoms with Gasteiger partial charge in [-0.2, -0.15) is 0 Å². The average Bonchev–Trinajstić information content (AvgIpc) is 2.76. The zero-order valence-corrected chi connectivity index (χ0v) is 10.9. The van der Waals surface area contributed by atoms with E-state index < -0.39 is 0 Å². The fraction of sp³-hybridized carbons (Fsp3) is 0.333. The second kappa shape index (κ2) is 5.46. The van der Waals surface area contributed by atoms with E-state index in [0.717, 1.165) is 5.69 Å². The van der Waals surface area contributed by atoms with E-state index in [-0.39, 0.29) is 11.9 Å². The molecule has 4 nitrogen and oxygen atoms in total. The van der Waals surface area contributed by atoms with Crippen molar-refractivity contribution >= 4 is 11.6 Å². The summed E-state index contributed by atoms with van der Waals surface area (Å²) < 4.78 is 15.4. The fourth-order valence-electron chi connectivity index (χ4n) is 1.90. The first-order valence-electron chi connectivity index (χ1n) is 5.58. The third-order valence-corrected chi connectivity index (χ3v) is 3.28. The topological polar surface area (TPSA) is 42.7 Å². The second-order valence-electron chi connectivity index (χ2n) is 4.03. The van der Waals surface area contributed by atoms with Crippen molar-refractivity contribution in [1.82, 2.24) is 20.3 Å². The third-order valence-electron chi connectivity index (χ3n) is 2.92. The highest BCUT2D eigenvalue weighted by Gasteiger charge is 2.18. The lowest BCUT2D eigenvalue weighted by Gasteiger charge is -2.17. The summed E-state index contributed by atoms with van der Waals surface area (Å²) in [6.07, 6.45) is 2.11. The van der Waals surface area contributed by atoms with Gasteiger partial charge >= 0.3 is 0 Å². The number of aryl methyl sites for hydroxylation is 1. The van der Waals surface area contributed by atoms with Crippen LogP contribution in [0, 0.1) is 5.82 Å². The van der Waals surface area contributed by atoms with Gasteiger partial charge in [-0.25, -0.2) is 4.39 Å². The van der Waals surface area contributed by atoms with E-state index in [1.165, 1.54) is 6.07 Å². The van der Waals surface area contributed by atoms with Crippen LogP contribution in [0.15, 0.2) is 24.4 Å². The molecule has 0 radical (unpaired) electrons. The van der Waals surface area contributed by atoms with Crippen molar-refractivity contribution in [2.45, 2.75) is 12.5 Å². The Kier molecular flexibility index (Phi) is 3.93. The number of rotatable bonds is 4. The largest absolute Gasteiger partial charge is 0.311 e. The van der Waals surface area contributed by atoms with Crippen LogP contribution >= 0.6 is 11.6 Å². The molecule has 18 heavy (non-hydrogen) atoms. The van der Waals surface area contributed by atoms with Gasteiger partial charge in [0.15, 0.2) is 0 Å². The van der Waals surface area contributed by atoms with Crippen molar-refractivity contribution in [3.63, 3.8) is 0 Å². The van der Waals surface area contributed by atoms with Crippen LogP contribution in [-0.4, -0.2) is 22.0 Å². The molecule has 2 rings (SSSR count). The van der Waals surface area contributed by atoms with Gasteiger partial charge in [0, 0.05) is 17.6 Å². The average molecular weight is 269 g/mol. The highest BCUT2D eigenvalue weighted by atomic mass is 35.5. The summed E-state index contributed by atoms with van der Waals surface area (Å²) in [5, 5.41) is 11.3. The molecule has 0 aliphatic rings. The molecule has 1 aromatic heterocycles. The molecule has 1 unspecified atom stereocenters. The Morgan fingerprint density at radius 1 is 1.50 bits per heavy atom. The number of hydrogen-bond donors (Lipinski definition) is 1. The number of nitrogens with zero attached hydrogens (tertiary/aromatic N) is 3. The standard InChI is InChI=1S/C12H14ClFN4/c1-15-11(12-7-16-17-18(12)2)6-8-9(13)4-3-5-10(8)14/h3-5,7,11,15H,6H2,1-2H3. The summed E-state index contributed by atoms with van der Waals surface area (Å²) in [5.41, 5.74) is 1.39. The van der Waals surface area contributed by atoms with Crippen molar-refractivity contribution < 1.29 is 4.39 Å². The van der Waals surface area contributed by atoms with Crippen LogP contribution in [0.25, 0.3) is 0 Å². The van der Waals surface area contributed by atoms with Gasteiger partial charge in [0.25, 0.3) is 0 Å². The first kappa shape index (κ1) is 13.0. The molecule has 0 bridgehead atoms. The second-order valence-corrected chi connectivity index (χ2v) is 4.44. The minimum absolute atomic E-state index is 0.0839. The monoisotopic (exact) mass is 268 g/mol. The SMILES string of the molecule is CNC(Cc1c(F)cccc1Cl)c1cnnn1C. The molecule has 0 fully saturated rings. The first-order valence-corrected chi connectivity index (χ1v) is 5.96. The first-order chi connectivity index (χ1) is 8.63. The molecule has 0 aliphatic heterocycles. The molecule has 6 heteroatoms. The Labute approximate surface area is 110 Å². The van der Waals surface area contributed by atoms with Gasteiger partial charge in [0.05, 0.1) is 17.9 Å². The van der Waals surface area contributed by atoms with E-state index in [9.17, 15) is 4.39 Å². The van der Waals surface area contributed by atoms with Gasteiger partial charge in [-0.15, -0.1) is 5.10 Å². The molecule has 0 spiro atoms. The molecule has 0 saturated carbocycles. The van der Waals surface area contributed by atoms with Crippen molar-refractivity contribution in [2.75, 3.05) is 7.05 Å². The number of halogens is 2. The molecule has 2 aromatic rings. The lowest BCUT2D eigenvalue weighted by Crippen LogP contribution is -2.22. The van der Waals surface area contributed by atoms with Crippen LogP contribution < -0.4 is 5.32 Å². The number of likely N-dealkylation sites (N-methyl/N-ethyl adjacent to an activating group) is 1. The molecule has 0 amide bonds. The number of nitrogens with one attached hydrogen (secondary N) is 1. The van der Waals surface area contributed by atoms with Crippen LogP contribution in [0.2, 0.25) is 5.02 Å². The van der Waals surface area contributed by atoms with E-state index in [1.807, 2.05) is 7.05 Å². The quantitative estimate of drug-likeness (QED) is 0.924. The molecule has 0 aliphatic carbocycles. The summed E-state index contributed by atoms with van der Waals surface area (Å²) in [4.78, 5) is 0. The zero-order chi connectivity index (χ0) is 13.1. The fourth-order valence-corrected chi connectivity index (χ4v) is 2.14. The van der Waals surface area contributed by atoms with Crippen LogP contribution in [0.4, 0.5) is 4.39 Å². The van der Waals surface area contributed by atoms with Crippen LogP contribution in [0.5, 0.6) is 0 Å². The van der Waals surface area contributed by atoms with Crippen molar-refractivity contribution in [3.8, 4) is 0 Å². The molecule has 1 atom stereocenters. The van der Waals surface area contributed by atoms with Crippen molar-refractivity contribution in [1.29, 1.82) is 0 Å². The molecule has 0 saturated heterocycles. The van der Waals surface area contributed by atoms with Crippen molar-refractivity contribution in [2.24, 2.45) is 7.05 Å². The number of aromatic nitrogens is 3. The molecule has 1 heterocycles. The van der Waals surface area contributed by atoms with E-state index in [4.69, 9.17) is 11.6 Å². The minimum atomic E-state index is -0.294. The van der Waals surface area contributed by atoms with Gasteiger partial charge in [-0.05, 0) is 25.6 Å². The Morgan fingerprint density at radius 2 is 2.28 bits per heavy atom. The maximum absolute atomic E-state index is 13.7. The predicted octanol–water partition coefficient (Wildman–Crippen LogP) is 2.11. The van der Waals surface area contributed by atoms with E-state index in [2.05, 4.69) is 15.6 Å². The van der Waals surface area contributed by atoms with Gasteiger partial charge < -0.3 is 5.32 Å². The number of hydrogen-bond acceptors (Lipinski definition) is 3. The summed E-state index contributed by atoms with van der Waals surface area (Å²) >= 11 is 6.03. The maximum Gasteiger partial charge on any atom is 0.127 e. The Bertz CT molecular complexity index is 520. The third kappa shape index (κ3) is 2.52. The van der Waals surface area contributed by atoms with Gasteiger partial charge in [0.2, 0.25) is 0 Å². The Morgan fingerprint density at radius 3 is 2.83 bits per heavy atom. The summed E-state index contributed by atoms with van der Waals surface area (Å²) in [7, 11) is 3.61. The van der Waals surface area contributed by atoms with Crippen LogP contribution in [0.3, 0.4) is 0 Å². The minimum Gasteiger partial charge on any atom is -0.311 e. The molecule has 1 aromatic carbocycles. The Balaban J connectivity index is 2.29. The lowest BCUT2D eigenvalue weighted by molar-refractivity contribution is 0.518. The zero-order valence-electron chi connectivity index (χ0n) is 10.2. The normalized spacial score (nSPS) is 12.7. The highest BCUT2D eigenvalue weighted by molar-refractivity contribution is 6.31. The molecular formula is C12H14ClFN4. The van der Waals surface area contributed by atoms with Gasteiger partial charge in [-0.1, -0.05) is 22.9 Å². The predicted molar refractivity (Wildman–Crippen MR) is 67.9 cm³/mol. The van der Waals surface area contributed by atoms with Crippen LogP contribution in [0.1, 0.15) is 17.3 Å². The van der Waals surface area contributed by atoms with E-state index >= 15 is 0 Å². The number of benzene rings is 1. The maximum atomic E-state index is 13.7. The summed E-state index contributed by atoms with van der Waals surface area (Å²) in [6, 6.07) is 4.62. The summed E-state index contributed by atoms with van der Waals surface area (Å²) in [6.45, 7) is 0. The van der Waals surface area contributed by atoms with Crippen LogP contribution in [-0.2, 0) is 13.5 Å². The van der Waals surface area contributed by atoms with E-state index in [0.29, 0.717) is 17.0 Å². The smallest absolute Gasteiger partial charge is 0.127 e. The Hall–Kier alpha value is -1.46. The van der Waals surface area contributed by atoms with Gasteiger partial charge in [0.1, 0.15) is 5.82 Å². The van der Waals surface area contributed by atoms with Gasteiger partial charge in [-0.3, -0.25) is 4.68 Å². The lowest BCUT2D eigenvalue weighted by atomic mass is 10.0. The summed E-state index contributed by atoms with van der Waals surface area (Å²) in [5.74, 6) is -0.294. The van der Waals surface area contributed by atoms with Crippen molar-refractivity contribution in [3.05, 3.63) is 46.5 Å². The highest BCUT2D eigenvalue weighted by Crippen LogP contribution is 2.25. The van der Waals surface area contributed by atoms with E-state index in [1.54, 1.807) is 30.1 Å². The molecule has 1 N–H and O–H groups in total. The molecular weight excluding hydrogens is 255 g/mol. The molecule has 96 valence electrons.